The molecule has 0 unspecified atom stereocenters. The number of rotatable bonds is 0. The van der Waals surface area contributed by atoms with Crippen molar-refractivity contribution in [1.29, 1.82) is 0 Å². The van der Waals surface area contributed by atoms with Crippen molar-refractivity contribution in [3.8, 4) is 0 Å². The zero-order valence-electron chi connectivity index (χ0n) is 2.88. The van der Waals surface area contributed by atoms with Gasteiger partial charge in [-0.15, -0.1) is 0 Å². The van der Waals surface area contributed by atoms with E-state index in [4.69, 9.17) is 23.4 Å². The molecule has 0 aromatic rings. The third-order valence-electron chi connectivity index (χ3n) is 0. The Bertz CT molecular complexity index is 23.6. The summed E-state index contributed by atoms with van der Waals surface area (Å²) in [6, 6.07) is 0. The summed E-state index contributed by atoms with van der Waals surface area (Å²) >= 11 is 3.19. The van der Waals surface area contributed by atoms with Gasteiger partial charge in [0.2, 0.25) is 0 Å². The molecule has 5 nitrogen and oxygen atoms in total. The van der Waals surface area contributed by atoms with Gasteiger partial charge in [0, 0.05) is 0 Å². The fourth-order valence-electron chi connectivity index (χ4n) is 0. The summed E-state index contributed by atoms with van der Waals surface area (Å²) in [5.41, 5.74) is 0. The molecule has 0 aliphatic heterocycles. The molecule has 0 atom stereocenters. The van der Waals surface area contributed by atoms with Gasteiger partial charge in [0.15, 0.2) is 0 Å². The van der Waals surface area contributed by atoms with Crippen LogP contribution in [0.3, 0.4) is 0 Å². The Labute approximate surface area is 49.5 Å². The molecular formula is HCuO5Si. The van der Waals surface area contributed by atoms with Gasteiger partial charge in [-0.05, 0) is 0 Å². The molecule has 46 valence electrons. The molecule has 0 aromatic heterocycles. The van der Waals surface area contributed by atoms with E-state index >= 15 is 0 Å². The summed E-state index contributed by atoms with van der Waals surface area (Å²) in [6.07, 6.45) is 0. The monoisotopic (exact) mass is 172 g/mol. The Hall–Kier alpha value is 0.536. The second-order valence-corrected chi connectivity index (χ2v) is 1.50. The van der Waals surface area contributed by atoms with Crippen molar-refractivity contribution >= 4 is 9.05 Å². The molecule has 0 spiro atoms. The van der Waals surface area contributed by atoms with Crippen LogP contribution in [0.1, 0.15) is 0 Å². The predicted octanol–water partition coefficient (Wildman–Crippen LogP) is -5.70. The van der Waals surface area contributed by atoms with Crippen LogP contribution in [0.25, 0.3) is 0 Å². The summed E-state index contributed by atoms with van der Waals surface area (Å²) in [4.78, 5) is 34.3. The summed E-state index contributed by atoms with van der Waals surface area (Å²) in [7, 11) is -5.61. The average Bonchev–Trinajstić information content (AvgIpc) is 1.36. The number of hydrogen-bond acceptors (Lipinski definition) is 5. The maximum absolute atomic E-state index is 8.58. The first-order valence-electron chi connectivity index (χ1n) is 0.951. The minimum atomic E-state index is -5.61. The van der Waals surface area contributed by atoms with E-state index in [2.05, 4.69) is 16.3 Å². The SMILES string of the molecule is [O-][Si]([O-])([O-])[O-].[OH][Cu+4]. The molecule has 1 N–H and O–H groups in total. The van der Waals surface area contributed by atoms with Crippen molar-refractivity contribution in [2.24, 2.45) is 0 Å². The van der Waals surface area contributed by atoms with Crippen molar-refractivity contribution in [3.63, 3.8) is 0 Å². The second kappa shape index (κ2) is 4.69. The van der Waals surface area contributed by atoms with Crippen molar-refractivity contribution in [1.82, 2.24) is 0 Å². The van der Waals surface area contributed by atoms with Gasteiger partial charge in [-0.1, -0.05) is 0 Å². The van der Waals surface area contributed by atoms with Crippen LogP contribution in [-0.2, 0) is 16.3 Å². The fraction of sp³-hybridized carbons (Fsp3) is 0. The van der Waals surface area contributed by atoms with Crippen molar-refractivity contribution in [2.45, 2.75) is 0 Å². The van der Waals surface area contributed by atoms with Gasteiger partial charge in [-0.3, -0.25) is 0 Å². The summed E-state index contributed by atoms with van der Waals surface area (Å²) in [5, 5.41) is 0. The molecule has 0 fully saturated rings. The van der Waals surface area contributed by atoms with Crippen LogP contribution in [-0.4, -0.2) is 13.2 Å². The van der Waals surface area contributed by atoms with Crippen LogP contribution in [0, 0.1) is 0 Å². The summed E-state index contributed by atoms with van der Waals surface area (Å²) in [5.74, 6) is 0. The molecule has 0 rings (SSSR count). The Morgan fingerprint density at radius 1 is 1.00 bits per heavy atom. The molecular weight excluding hydrogens is 172 g/mol. The predicted molar refractivity (Wildman–Crippen MR) is 7.97 cm³/mol. The van der Waals surface area contributed by atoms with Crippen LogP contribution in [0.4, 0.5) is 0 Å². The molecule has 0 heterocycles. The third-order valence-corrected chi connectivity index (χ3v) is 0. The van der Waals surface area contributed by atoms with E-state index in [1.54, 1.807) is 0 Å². The van der Waals surface area contributed by atoms with Crippen LogP contribution < -0.4 is 19.2 Å². The molecule has 0 bridgehead atoms. The molecule has 7 heavy (non-hydrogen) atoms. The van der Waals surface area contributed by atoms with Gasteiger partial charge in [-0.2, -0.15) is 0 Å². The Morgan fingerprint density at radius 3 is 1.00 bits per heavy atom. The molecule has 0 aromatic carbocycles. The van der Waals surface area contributed by atoms with E-state index in [-0.39, 0.29) is 0 Å². The topological polar surface area (TPSA) is 112 Å². The van der Waals surface area contributed by atoms with E-state index in [9.17, 15) is 0 Å². The van der Waals surface area contributed by atoms with Crippen molar-refractivity contribution in [3.05, 3.63) is 0 Å². The maximum atomic E-state index is 8.58. The van der Waals surface area contributed by atoms with E-state index in [0.717, 1.165) is 0 Å². The summed E-state index contributed by atoms with van der Waals surface area (Å²) in [6.45, 7) is 0. The quantitative estimate of drug-likeness (QED) is 0.366. The first-order chi connectivity index (χ1) is 3.00. The van der Waals surface area contributed by atoms with E-state index in [0.29, 0.717) is 0 Å². The summed E-state index contributed by atoms with van der Waals surface area (Å²) < 4.78 is 6.56. The van der Waals surface area contributed by atoms with Crippen molar-refractivity contribution < 1.29 is 39.7 Å². The van der Waals surface area contributed by atoms with E-state index < -0.39 is 9.05 Å². The molecule has 0 aliphatic rings. The zero-order valence-corrected chi connectivity index (χ0v) is 4.82. The molecule has 0 radical (unpaired) electrons. The molecule has 0 saturated carbocycles. The molecule has 0 amide bonds. The Kier molecular flexibility index (Phi) is 7.04. The average molecular weight is 173 g/mol. The second-order valence-electron chi connectivity index (χ2n) is 0.500. The third kappa shape index (κ3) is 468. The molecule has 0 aliphatic carbocycles. The molecule has 0 saturated heterocycles. The van der Waals surface area contributed by atoms with Gasteiger partial charge in [0.1, 0.15) is 0 Å². The van der Waals surface area contributed by atoms with E-state index in [1.165, 1.54) is 0 Å². The standard InChI is InChI=1S/Cu.O4Si.H2O/c;1-5(2,3)4;/h;;1H2/q+5;-4;/p-1. The zero-order chi connectivity index (χ0) is 6.50. The van der Waals surface area contributed by atoms with Gasteiger partial charge < -0.3 is 28.2 Å². The Morgan fingerprint density at radius 2 is 1.00 bits per heavy atom. The van der Waals surface area contributed by atoms with Gasteiger partial charge in [-0.25, -0.2) is 0 Å². The normalized spacial score (nSPS) is 9.43. The van der Waals surface area contributed by atoms with E-state index in [1.807, 2.05) is 0 Å². The van der Waals surface area contributed by atoms with Gasteiger partial charge in [0.25, 0.3) is 0 Å². The Balaban J connectivity index is 0. The van der Waals surface area contributed by atoms with Crippen LogP contribution in [0.15, 0.2) is 0 Å². The van der Waals surface area contributed by atoms with Gasteiger partial charge in [0.05, 0.1) is 0 Å². The van der Waals surface area contributed by atoms with Crippen LogP contribution in [0.5, 0.6) is 0 Å². The first kappa shape index (κ1) is 10.5. The first-order valence-corrected chi connectivity index (χ1v) is 3.01. The van der Waals surface area contributed by atoms with Crippen LogP contribution >= 0.6 is 0 Å². The van der Waals surface area contributed by atoms with Crippen LogP contribution in [0.2, 0.25) is 0 Å². The fourth-order valence-corrected chi connectivity index (χ4v) is 0. The van der Waals surface area contributed by atoms with Crippen molar-refractivity contribution in [2.75, 3.05) is 0 Å². The molecule has 7 heteroatoms. The van der Waals surface area contributed by atoms with Gasteiger partial charge >= 0.3 is 20.5 Å². The minimum absolute atomic E-state index is 3.19. The number of hydrogen-bond donors (Lipinski definition) is 1.